The number of anilines is 2. The molecule has 1 heterocycles. The lowest BCUT2D eigenvalue weighted by atomic mass is 10.1. The van der Waals surface area contributed by atoms with Crippen molar-refractivity contribution in [1.29, 1.82) is 0 Å². The molecule has 0 aliphatic carbocycles. The Bertz CT molecular complexity index is 1040. The monoisotopic (exact) mass is 451 g/mol. The zero-order valence-corrected chi connectivity index (χ0v) is 18.6. The number of likely N-dealkylation sites (tertiary alicyclic amines) is 1. The van der Waals surface area contributed by atoms with Crippen LogP contribution in [0.15, 0.2) is 48.5 Å². The molecule has 5 N–H and O–H groups in total. The fraction of sp³-hybridized carbons (Fsp3) is 0.333. The van der Waals surface area contributed by atoms with E-state index in [0.717, 1.165) is 18.4 Å². The summed E-state index contributed by atoms with van der Waals surface area (Å²) in [6.45, 7) is 2.09. The van der Waals surface area contributed by atoms with Crippen molar-refractivity contribution < 1.29 is 19.2 Å². The third kappa shape index (κ3) is 6.88. The Labute approximate surface area is 192 Å². The Balaban J connectivity index is 1.63. The molecule has 1 fully saturated rings. The molecule has 1 aliphatic heterocycles. The van der Waals surface area contributed by atoms with Crippen molar-refractivity contribution in [3.05, 3.63) is 59.7 Å². The summed E-state index contributed by atoms with van der Waals surface area (Å²) in [5, 5.41) is 8.22. The van der Waals surface area contributed by atoms with Crippen LogP contribution in [0.3, 0.4) is 0 Å². The molecule has 33 heavy (non-hydrogen) atoms. The van der Waals surface area contributed by atoms with Gasteiger partial charge >= 0.3 is 0 Å². The Kier molecular flexibility index (Phi) is 8.15. The number of hydrogen-bond acceptors (Lipinski definition) is 5. The van der Waals surface area contributed by atoms with Gasteiger partial charge in [-0.2, -0.15) is 0 Å². The van der Waals surface area contributed by atoms with Crippen LogP contribution in [0, 0.1) is 0 Å². The average Bonchev–Trinajstić information content (AvgIpc) is 2.95. The first-order valence-electron chi connectivity index (χ1n) is 10.9. The molecule has 0 saturated carbocycles. The molecule has 2 aromatic rings. The van der Waals surface area contributed by atoms with Crippen molar-refractivity contribution in [3.63, 3.8) is 0 Å². The second kappa shape index (κ2) is 11.2. The van der Waals surface area contributed by atoms with Gasteiger partial charge in [0.1, 0.15) is 6.04 Å². The summed E-state index contributed by atoms with van der Waals surface area (Å²) >= 11 is 0. The van der Waals surface area contributed by atoms with Gasteiger partial charge in [0, 0.05) is 37.0 Å². The number of rotatable bonds is 7. The third-order valence-electron chi connectivity index (χ3n) is 5.31. The molecule has 0 radical (unpaired) electrons. The van der Waals surface area contributed by atoms with E-state index in [1.54, 1.807) is 42.5 Å². The maximum atomic E-state index is 13.1. The van der Waals surface area contributed by atoms with Gasteiger partial charge in [-0.3, -0.25) is 19.2 Å². The fourth-order valence-electron chi connectivity index (χ4n) is 3.73. The summed E-state index contributed by atoms with van der Waals surface area (Å²) in [5.74, 6) is -1.25. The highest BCUT2D eigenvalue weighted by Gasteiger charge is 2.29. The molecule has 9 heteroatoms. The van der Waals surface area contributed by atoms with Gasteiger partial charge in [-0.25, -0.2) is 0 Å². The molecule has 3 rings (SSSR count). The number of carbonyl (C=O) groups is 4. The molecule has 2 aromatic carbocycles. The Morgan fingerprint density at radius 3 is 2.48 bits per heavy atom. The van der Waals surface area contributed by atoms with Gasteiger partial charge in [0.15, 0.2) is 0 Å². The van der Waals surface area contributed by atoms with Crippen LogP contribution < -0.4 is 21.7 Å². The topological polar surface area (TPSA) is 134 Å². The highest BCUT2D eigenvalue weighted by molar-refractivity contribution is 6.00. The number of carbonyl (C=O) groups excluding carboxylic acids is 4. The van der Waals surface area contributed by atoms with E-state index in [2.05, 4.69) is 16.0 Å². The lowest BCUT2D eigenvalue weighted by Crippen LogP contribution is -2.49. The summed E-state index contributed by atoms with van der Waals surface area (Å²) < 4.78 is 0. The molecule has 9 nitrogen and oxygen atoms in total. The number of hydrogen-bond donors (Lipinski definition) is 4. The molecule has 0 spiro atoms. The van der Waals surface area contributed by atoms with Crippen LogP contribution in [0.5, 0.6) is 0 Å². The average molecular weight is 452 g/mol. The van der Waals surface area contributed by atoms with Crippen molar-refractivity contribution in [2.75, 3.05) is 23.7 Å². The lowest BCUT2D eigenvalue weighted by molar-refractivity contribution is -0.135. The number of benzene rings is 2. The van der Waals surface area contributed by atoms with Crippen molar-refractivity contribution >= 4 is 35.0 Å². The van der Waals surface area contributed by atoms with Gasteiger partial charge in [0.25, 0.3) is 5.91 Å². The summed E-state index contributed by atoms with van der Waals surface area (Å²) in [4.78, 5) is 51.1. The maximum Gasteiger partial charge on any atom is 0.252 e. The van der Waals surface area contributed by atoms with Crippen LogP contribution in [0.2, 0.25) is 0 Å². The summed E-state index contributed by atoms with van der Waals surface area (Å²) in [5.41, 5.74) is 7.99. The van der Waals surface area contributed by atoms with E-state index in [9.17, 15) is 19.2 Å². The largest absolute Gasteiger partial charge is 0.340 e. The van der Waals surface area contributed by atoms with E-state index in [-0.39, 0.29) is 24.3 Å². The van der Waals surface area contributed by atoms with E-state index in [0.29, 0.717) is 36.4 Å². The normalized spacial score (nSPS) is 16.0. The van der Waals surface area contributed by atoms with Crippen molar-refractivity contribution in [2.24, 2.45) is 5.73 Å². The second-order valence-corrected chi connectivity index (χ2v) is 8.00. The zero-order chi connectivity index (χ0) is 23.8. The lowest BCUT2D eigenvalue weighted by Gasteiger charge is -2.24. The van der Waals surface area contributed by atoms with Crippen molar-refractivity contribution in [1.82, 2.24) is 10.2 Å². The van der Waals surface area contributed by atoms with Gasteiger partial charge in [-0.05, 0) is 55.2 Å². The van der Waals surface area contributed by atoms with Gasteiger partial charge in [0.05, 0.1) is 6.54 Å². The van der Waals surface area contributed by atoms with Gasteiger partial charge in [-0.15, -0.1) is 0 Å². The Hall–Kier alpha value is -3.72. The molecule has 0 aromatic heterocycles. The predicted molar refractivity (Wildman–Crippen MR) is 125 cm³/mol. The molecule has 1 unspecified atom stereocenters. The standard InChI is InChI=1S/C24H29N5O4/c1-16(30)26-20-9-5-7-18(13-20)23(32)28-21-10-2-3-11-29(24(21)33)15-22(31)27-19-8-4-6-17(12-19)14-25/h4-9,12-13,21H,2-3,10-11,14-15,25H2,1H3,(H,26,30)(H,27,31)(H,28,32). The molecule has 4 amide bonds. The van der Waals surface area contributed by atoms with Gasteiger partial charge in [-0.1, -0.05) is 18.2 Å². The third-order valence-corrected chi connectivity index (χ3v) is 5.31. The summed E-state index contributed by atoms with van der Waals surface area (Å²) in [7, 11) is 0. The van der Waals surface area contributed by atoms with E-state index in [4.69, 9.17) is 5.73 Å². The van der Waals surface area contributed by atoms with Crippen LogP contribution in [0.1, 0.15) is 42.1 Å². The fourth-order valence-corrected chi connectivity index (χ4v) is 3.73. The van der Waals surface area contributed by atoms with Crippen LogP contribution in [-0.4, -0.2) is 47.7 Å². The first-order chi connectivity index (χ1) is 15.9. The number of amides is 4. The quantitative estimate of drug-likeness (QED) is 0.510. The minimum atomic E-state index is -0.724. The number of nitrogens with one attached hydrogen (secondary N) is 3. The van der Waals surface area contributed by atoms with E-state index in [1.165, 1.54) is 11.8 Å². The van der Waals surface area contributed by atoms with Crippen LogP contribution in [0.4, 0.5) is 11.4 Å². The van der Waals surface area contributed by atoms with Gasteiger partial charge < -0.3 is 26.6 Å². The van der Waals surface area contributed by atoms with Crippen LogP contribution in [0.25, 0.3) is 0 Å². The Morgan fingerprint density at radius 1 is 1.03 bits per heavy atom. The van der Waals surface area contributed by atoms with Crippen LogP contribution >= 0.6 is 0 Å². The first kappa shape index (κ1) is 23.9. The SMILES string of the molecule is CC(=O)Nc1cccc(C(=O)NC2CCCCN(CC(=O)Nc3cccc(CN)c3)C2=O)c1. The molecule has 174 valence electrons. The highest BCUT2D eigenvalue weighted by Crippen LogP contribution is 2.16. The van der Waals surface area contributed by atoms with Crippen molar-refractivity contribution in [3.8, 4) is 0 Å². The number of nitrogens with two attached hydrogens (primary N) is 1. The molecular weight excluding hydrogens is 422 g/mol. The summed E-state index contributed by atoms with van der Waals surface area (Å²) in [6, 6.07) is 13.0. The van der Waals surface area contributed by atoms with Gasteiger partial charge in [0.2, 0.25) is 17.7 Å². The highest BCUT2D eigenvalue weighted by atomic mass is 16.2. The van der Waals surface area contributed by atoms with E-state index in [1.807, 2.05) is 6.07 Å². The first-order valence-corrected chi connectivity index (χ1v) is 10.9. The molecular formula is C24H29N5O4. The Morgan fingerprint density at radius 2 is 1.76 bits per heavy atom. The molecule has 0 bridgehead atoms. The maximum absolute atomic E-state index is 13.1. The van der Waals surface area contributed by atoms with E-state index >= 15 is 0 Å². The molecule has 1 atom stereocenters. The molecule has 1 saturated heterocycles. The summed E-state index contributed by atoms with van der Waals surface area (Å²) in [6.07, 6.45) is 1.98. The predicted octanol–water partition coefficient (Wildman–Crippen LogP) is 1.85. The molecule has 1 aliphatic rings. The minimum Gasteiger partial charge on any atom is -0.340 e. The second-order valence-electron chi connectivity index (χ2n) is 8.00. The number of nitrogens with zero attached hydrogens (tertiary/aromatic N) is 1. The van der Waals surface area contributed by atoms with Crippen molar-refractivity contribution in [2.45, 2.75) is 38.8 Å². The zero-order valence-electron chi connectivity index (χ0n) is 18.6. The minimum absolute atomic E-state index is 0.101. The van der Waals surface area contributed by atoms with Crippen LogP contribution in [-0.2, 0) is 20.9 Å². The van der Waals surface area contributed by atoms with E-state index < -0.39 is 11.9 Å². The smallest absolute Gasteiger partial charge is 0.252 e.